The normalized spacial score (nSPS) is 11.9. The van der Waals surface area contributed by atoms with Crippen LogP contribution in [0.1, 0.15) is 46.0 Å². The van der Waals surface area contributed by atoms with E-state index in [9.17, 15) is 9.59 Å². The molecule has 0 fully saturated rings. The fourth-order valence-corrected chi connectivity index (χ4v) is 4.50. The van der Waals surface area contributed by atoms with Gasteiger partial charge >= 0.3 is 0 Å². The Morgan fingerprint density at radius 3 is 2.55 bits per heavy atom. The van der Waals surface area contributed by atoms with Gasteiger partial charge in [0.1, 0.15) is 11.1 Å². The van der Waals surface area contributed by atoms with Gasteiger partial charge in [0.05, 0.1) is 34.7 Å². The molecule has 0 radical (unpaired) electrons. The van der Waals surface area contributed by atoms with Crippen LogP contribution in [0.25, 0.3) is 16.9 Å². The molecule has 198 valence electrons. The van der Waals surface area contributed by atoms with Gasteiger partial charge in [-0.1, -0.05) is 30.0 Å². The molecule has 1 atom stereocenters. The van der Waals surface area contributed by atoms with Crippen LogP contribution in [0.5, 0.6) is 0 Å². The lowest BCUT2D eigenvalue weighted by molar-refractivity contribution is 0.0940. The summed E-state index contributed by atoms with van der Waals surface area (Å²) in [5.41, 5.74) is 9.32. The molecule has 1 aromatic carbocycles. The van der Waals surface area contributed by atoms with Gasteiger partial charge in [0.25, 0.3) is 11.5 Å². The third-order valence-corrected chi connectivity index (χ3v) is 6.68. The van der Waals surface area contributed by atoms with E-state index in [-0.39, 0.29) is 16.9 Å². The number of benzene rings is 1. The van der Waals surface area contributed by atoms with E-state index in [1.807, 2.05) is 32.2 Å². The Bertz CT molecular complexity index is 2040. The molecule has 0 bridgehead atoms. The lowest BCUT2D eigenvalue weighted by atomic mass is 10.2. The summed E-state index contributed by atoms with van der Waals surface area (Å²) < 4.78 is 6.16. The van der Waals surface area contributed by atoms with Crippen LogP contribution in [0.3, 0.4) is 0 Å². The Morgan fingerprint density at radius 1 is 1.02 bits per heavy atom. The quantitative estimate of drug-likeness (QED) is 0.331. The summed E-state index contributed by atoms with van der Waals surface area (Å²) in [5.74, 6) is 6.09. The smallest absolute Gasteiger partial charge is 0.283 e. The number of para-hydroxylation sites is 1. The number of fused-ring (bicyclic) bond motifs is 2. The topological polar surface area (TPSA) is 142 Å². The van der Waals surface area contributed by atoms with Crippen molar-refractivity contribution in [1.29, 1.82) is 0 Å². The molecule has 12 nitrogen and oxygen atoms in total. The Labute approximate surface area is 227 Å². The van der Waals surface area contributed by atoms with Gasteiger partial charge in [-0.2, -0.15) is 10.2 Å². The predicted octanol–water partition coefficient (Wildman–Crippen LogP) is 2.04. The highest BCUT2D eigenvalue weighted by Gasteiger charge is 2.25. The number of nitrogens with zero attached hydrogens (tertiary/aromatic N) is 8. The molecule has 1 amide bonds. The van der Waals surface area contributed by atoms with Crippen molar-refractivity contribution >= 4 is 22.9 Å². The first-order chi connectivity index (χ1) is 19.3. The average Bonchev–Trinajstić information content (AvgIpc) is 3.62. The van der Waals surface area contributed by atoms with Crippen LogP contribution in [0.15, 0.2) is 72.0 Å². The molecule has 0 aliphatic rings. The SMILES string of the molecule is Cc1c(C#Cc2ccn3nc([C@@H](C)NC(=O)c4c(N)nn5cccnc45)n(-c4ccccc4)c(=O)c23)cnn1C. The highest BCUT2D eigenvalue weighted by Crippen LogP contribution is 2.20. The van der Waals surface area contributed by atoms with Gasteiger partial charge in [-0.25, -0.2) is 14.0 Å². The van der Waals surface area contributed by atoms with Crippen molar-refractivity contribution in [2.75, 3.05) is 5.73 Å². The van der Waals surface area contributed by atoms with E-state index < -0.39 is 11.9 Å². The van der Waals surface area contributed by atoms with Crippen LogP contribution >= 0.6 is 0 Å². The number of nitrogen functional groups attached to an aromatic ring is 1. The van der Waals surface area contributed by atoms with Crippen molar-refractivity contribution in [3.8, 4) is 17.5 Å². The second-order valence-corrected chi connectivity index (χ2v) is 9.22. The van der Waals surface area contributed by atoms with Gasteiger partial charge in [-0.15, -0.1) is 5.10 Å². The molecule has 40 heavy (non-hydrogen) atoms. The number of aromatic nitrogens is 8. The molecule has 0 aliphatic carbocycles. The van der Waals surface area contributed by atoms with E-state index in [1.54, 1.807) is 60.7 Å². The highest BCUT2D eigenvalue weighted by molar-refractivity contribution is 6.04. The van der Waals surface area contributed by atoms with Crippen LogP contribution in [-0.2, 0) is 7.05 Å². The number of nitrogens with two attached hydrogens (primary N) is 1. The van der Waals surface area contributed by atoms with E-state index in [0.717, 1.165) is 11.3 Å². The number of anilines is 1. The van der Waals surface area contributed by atoms with E-state index in [2.05, 4.69) is 32.3 Å². The molecule has 0 aliphatic heterocycles. The zero-order chi connectivity index (χ0) is 28.0. The number of nitrogens with one attached hydrogen (secondary N) is 1. The van der Waals surface area contributed by atoms with Crippen LogP contribution in [0, 0.1) is 18.8 Å². The van der Waals surface area contributed by atoms with E-state index in [4.69, 9.17) is 10.8 Å². The van der Waals surface area contributed by atoms with Crippen molar-refractivity contribution in [2.24, 2.45) is 7.05 Å². The number of carbonyl (C=O) groups excluding carboxylic acids is 1. The number of hydrogen-bond acceptors (Lipinski definition) is 7. The van der Waals surface area contributed by atoms with Gasteiger partial charge < -0.3 is 11.1 Å². The number of aryl methyl sites for hydroxylation is 1. The fourth-order valence-electron chi connectivity index (χ4n) is 4.50. The van der Waals surface area contributed by atoms with Crippen molar-refractivity contribution in [1.82, 2.24) is 43.9 Å². The molecule has 3 N–H and O–H groups in total. The zero-order valence-electron chi connectivity index (χ0n) is 21.9. The van der Waals surface area contributed by atoms with Crippen molar-refractivity contribution in [3.05, 3.63) is 106 Å². The molecule has 0 spiro atoms. The monoisotopic (exact) mass is 532 g/mol. The summed E-state index contributed by atoms with van der Waals surface area (Å²) in [6, 6.07) is 11.9. The molecule has 5 aromatic heterocycles. The highest BCUT2D eigenvalue weighted by atomic mass is 16.2. The Hall–Kier alpha value is -5.70. The summed E-state index contributed by atoms with van der Waals surface area (Å²) in [7, 11) is 1.85. The summed E-state index contributed by atoms with van der Waals surface area (Å²) >= 11 is 0. The van der Waals surface area contributed by atoms with Crippen molar-refractivity contribution in [2.45, 2.75) is 19.9 Å². The lowest BCUT2D eigenvalue weighted by Crippen LogP contribution is -2.34. The summed E-state index contributed by atoms with van der Waals surface area (Å²) in [4.78, 5) is 31.6. The van der Waals surface area contributed by atoms with Crippen molar-refractivity contribution in [3.63, 3.8) is 0 Å². The molecular weight excluding hydrogens is 508 g/mol. The Balaban J connectivity index is 1.45. The minimum absolute atomic E-state index is 0.0461. The molecule has 5 heterocycles. The molecular formula is C28H24N10O2. The third-order valence-electron chi connectivity index (χ3n) is 6.68. The first kappa shape index (κ1) is 24.6. The van der Waals surface area contributed by atoms with Crippen LogP contribution < -0.4 is 16.6 Å². The lowest BCUT2D eigenvalue weighted by Gasteiger charge is -2.19. The minimum atomic E-state index is -0.696. The van der Waals surface area contributed by atoms with Crippen LogP contribution in [0.2, 0.25) is 0 Å². The third kappa shape index (κ3) is 4.06. The van der Waals surface area contributed by atoms with Gasteiger partial charge in [-0.05, 0) is 38.1 Å². The Morgan fingerprint density at radius 2 is 1.80 bits per heavy atom. The largest absolute Gasteiger partial charge is 0.381 e. The van der Waals surface area contributed by atoms with Gasteiger partial charge in [0.2, 0.25) is 0 Å². The molecule has 0 unspecified atom stereocenters. The summed E-state index contributed by atoms with van der Waals surface area (Å²) in [5, 5.41) is 16.0. The van der Waals surface area contributed by atoms with Gasteiger partial charge in [0, 0.05) is 25.6 Å². The van der Waals surface area contributed by atoms with E-state index in [1.165, 1.54) is 13.6 Å². The minimum Gasteiger partial charge on any atom is -0.381 e. The van der Waals surface area contributed by atoms with Gasteiger partial charge in [-0.3, -0.25) is 18.8 Å². The standard InChI is InChI=1S/C28H24N10O2/c1-17(32-27(39)22-24(29)33-37-14-7-13-30-26(22)37)25-34-36-15-12-19(10-11-20-16-31-35(3)18(20)2)23(36)28(40)38(25)21-8-5-4-6-9-21/h4-9,12-17H,1-3H3,(H2,29,33)(H,32,39)/t17-/m1/s1. The molecule has 6 aromatic rings. The number of hydrogen-bond donors (Lipinski definition) is 2. The maximum Gasteiger partial charge on any atom is 0.283 e. The molecule has 0 saturated carbocycles. The van der Waals surface area contributed by atoms with Crippen molar-refractivity contribution < 1.29 is 4.79 Å². The number of rotatable bonds is 4. The second kappa shape index (κ2) is 9.55. The predicted molar refractivity (Wildman–Crippen MR) is 148 cm³/mol. The number of amides is 1. The summed E-state index contributed by atoms with van der Waals surface area (Å²) in [6.45, 7) is 3.67. The van der Waals surface area contributed by atoms with E-state index >= 15 is 0 Å². The maximum atomic E-state index is 14.0. The maximum absolute atomic E-state index is 14.0. The first-order valence-electron chi connectivity index (χ1n) is 12.4. The fraction of sp³-hybridized carbons (Fsp3) is 0.143. The van der Waals surface area contributed by atoms with E-state index in [0.29, 0.717) is 28.2 Å². The first-order valence-corrected chi connectivity index (χ1v) is 12.4. The van der Waals surface area contributed by atoms with Gasteiger partial charge in [0.15, 0.2) is 17.3 Å². The second-order valence-electron chi connectivity index (χ2n) is 9.22. The molecule has 6 rings (SSSR count). The molecule has 12 heteroatoms. The summed E-state index contributed by atoms with van der Waals surface area (Å²) in [6.07, 6.45) is 6.58. The average molecular weight is 533 g/mol. The van der Waals surface area contributed by atoms with Crippen LogP contribution in [0.4, 0.5) is 5.82 Å². The number of carbonyl (C=O) groups is 1. The Kier molecular flexibility index (Phi) is 5.88. The zero-order valence-corrected chi connectivity index (χ0v) is 21.9. The van der Waals surface area contributed by atoms with Crippen LogP contribution in [-0.4, -0.2) is 44.5 Å². The molecule has 0 saturated heterocycles.